The zero-order valence-corrected chi connectivity index (χ0v) is 9.77. The number of aromatic nitrogens is 1. The number of rotatable bonds is 4. The van der Waals surface area contributed by atoms with Crippen molar-refractivity contribution in [1.29, 1.82) is 0 Å². The van der Waals surface area contributed by atoms with Crippen molar-refractivity contribution in [2.45, 2.75) is 13.8 Å². The third kappa shape index (κ3) is 2.53. The molecule has 0 atom stereocenters. The fourth-order valence-corrected chi connectivity index (χ4v) is 1.47. The van der Waals surface area contributed by atoms with Gasteiger partial charge in [-0.3, -0.25) is 4.79 Å². The number of carbonyl (C=O) groups excluding carboxylic acids is 1. The largest absolute Gasteiger partial charge is 0.494 e. The SMILES string of the molecule is CCOc1ccc(-c2cc(C(C)=O)on2)cc1. The van der Waals surface area contributed by atoms with Crippen LogP contribution >= 0.6 is 0 Å². The number of Topliss-reactive ketones (excluding diaryl/α,β-unsaturated/α-hetero) is 1. The molecule has 0 N–H and O–H groups in total. The van der Waals surface area contributed by atoms with Gasteiger partial charge in [0, 0.05) is 18.6 Å². The summed E-state index contributed by atoms with van der Waals surface area (Å²) in [4.78, 5) is 11.1. The lowest BCUT2D eigenvalue weighted by molar-refractivity contribution is 0.0978. The van der Waals surface area contributed by atoms with Crippen molar-refractivity contribution >= 4 is 5.78 Å². The Bertz CT molecular complexity index is 514. The number of benzene rings is 1. The second-order valence-electron chi connectivity index (χ2n) is 3.59. The maximum absolute atomic E-state index is 11.1. The van der Waals surface area contributed by atoms with Gasteiger partial charge in [0.25, 0.3) is 0 Å². The molecule has 0 spiro atoms. The molecule has 88 valence electrons. The number of hydrogen-bond donors (Lipinski definition) is 0. The minimum absolute atomic E-state index is 0.130. The van der Waals surface area contributed by atoms with Gasteiger partial charge < -0.3 is 9.26 Å². The van der Waals surface area contributed by atoms with Crippen molar-refractivity contribution in [3.63, 3.8) is 0 Å². The van der Waals surface area contributed by atoms with E-state index in [-0.39, 0.29) is 11.5 Å². The highest BCUT2D eigenvalue weighted by atomic mass is 16.5. The Morgan fingerprint density at radius 3 is 2.59 bits per heavy atom. The fourth-order valence-electron chi connectivity index (χ4n) is 1.47. The minimum atomic E-state index is -0.130. The lowest BCUT2D eigenvalue weighted by Gasteiger charge is -2.02. The molecule has 0 amide bonds. The summed E-state index contributed by atoms with van der Waals surface area (Å²) < 4.78 is 10.3. The molecule has 0 fully saturated rings. The summed E-state index contributed by atoms with van der Waals surface area (Å²) in [5, 5.41) is 3.85. The molecule has 17 heavy (non-hydrogen) atoms. The maximum Gasteiger partial charge on any atom is 0.202 e. The van der Waals surface area contributed by atoms with E-state index >= 15 is 0 Å². The molecule has 0 aliphatic carbocycles. The smallest absolute Gasteiger partial charge is 0.202 e. The summed E-state index contributed by atoms with van der Waals surface area (Å²) in [5.41, 5.74) is 1.54. The van der Waals surface area contributed by atoms with E-state index in [1.54, 1.807) is 6.07 Å². The van der Waals surface area contributed by atoms with Gasteiger partial charge >= 0.3 is 0 Å². The first-order chi connectivity index (χ1) is 8.20. The van der Waals surface area contributed by atoms with Crippen LogP contribution < -0.4 is 4.74 Å². The molecular weight excluding hydrogens is 218 g/mol. The van der Waals surface area contributed by atoms with E-state index in [4.69, 9.17) is 9.26 Å². The first kappa shape index (κ1) is 11.4. The van der Waals surface area contributed by atoms with Crippen LogP contribution in [0.1, 0.15) is 24.4 Å². The van der Waals surface area contributed by atoms with Gasteiger partial charge in [-0.05, 0) is 31.2 Å². The Morgan fingerprint density at radius 1 is 1.35 bits per heavy atom. The van der Waals surface area contributed by atoms with Crippen molar-refractivity contribution in [3.05, 3.63) is 36.1 Å². The lowest BCUT2D eigenvalue weighted by atomic mass is 10.1. The van der Waals surface area contributed by atoms with E-state index in [0.29, 0.717) is 12.3 Å². The summed E-state index contributed by atoms with van der Waals surface area (Å²) in [6, 6.07) is 9.12. The standard InChI is InChI=1S/C13H13NO3/c1-3-16-11-6-4-10(5-7-11)12-8-13(9(2)15)17-14-12/h4-8H,3H2,1-2H3. The highest BCUT2D eigenvalue weighted by molar-refractivity contribution is 5.92. The molecule has 0 aliphatic heterocycles. The van der Waals surface area contributed by atoms with Gasteiger partial charge in [0.1, 0.15) is 11.4 Å². The van der Waals surface area contributed by atoms with Crippen molar-refractivity contribution in [3.8, 4) is 17.0 Å². The van der Waals surface area contributed by atoms with Crippen LogP contribution in [0, 0.1) is 0 Å². The van der Waals surface area contributed by atoms with Gasteiger partial charge in [-0.2, -0.15) is 0 Å². The summed E-state index contributed by atoms with van der Waals surface area (Å²) in [6.45, 7) is 4.02. The average molecular weight is 231 g/mol. The zero-order chi connectivity index (χ0) is 12.3. The predicted octanol–water partition coefficient (Wildman–Crippen LogP) is 2.94. The highest BCUT2D eigenvalue weighted by Gasteiger charge is 2.09. The van der Waals surface area contributed by atoms with Gasteiger partial charge in [-0.1, -0.05) is 5.16 Å². The lowest BCUT2D eigenvalue weighted by Crippen LogP contribution is -1.90. The summed E-state index contributed by atoms with van der Waals surface area (Å²) in [5.74, 6) is 0.954. The summed E-state index contributed by atoms with van der Waals surface area (Å²) in [7, 11) is 0. The van der Waals surface area contributed by atoms with E-state index in [9.17, 15) is 4.79 Å². The van der Waals surface area contributed by atoms with E-state index < -0.39 is 0 Å². The van der Waals surface area contributed by atoms with E-state index in [1.165, 1.54) is 6.92 Å². The molecule has 4 heteroatoms. The van der Waals surface area contributed by atoms with E-state index in [1.807, 2.05) is 31.2 Å². The van der Waals surface area contributed by atoms with E-state index in [2.05, 4.69) is 5.16 Å². The Morgan fingerprint density at radius 2 is 2.06 bits per heavy atom. The zero-order valence-electron chi connectivity index (χ0n) is 9.77. The molecule has 1 aromatic carbocycles. The molecular formula is C13H13NO3. The summed E-state index contributed by atoms with van der Waals surface area (Å²) in [6.07, 6.45) is 0. The highest BCUT2D eigenvalue weighted by Crippen LogP contribution is 2.22. The quantitative estimate of drug-likeness (QED) is 0.759. The second-order valence-corrected chi connectivity index (χ2v) is 3.59. The molecule has 2 rings (SSSR count). The monoisotopic (exact) mass is 231 g/mol. The first-order valence-electron chi connectivity index (χ1n) is 5.41. The van der Waals surface area contributed by atoms with Gasteiger partial charge in [-0.25, -0.2) is 0 Å². The number of carbonyl (C=O) groups is 1. The third-order valence-electron chi connectivity index (χ3n) is 2.32. The van der Waals surface area contributed by atoms with Crippen LogP contribution in [0.2, 0.25) is 0 Å². The van der Waals surface area contributed by atoms with E-state index in [0.717, 1.165) is 11.3 Å². The molecule has 1 heterocycles. The number of ketones is 1. The van der Waals surface area contributed by atoms with Crippen LogP contribution in [0.15, 0.2) is 34.9 Å². The Hall–Kier alpha value is -2.10. The number of nitrogens with zero attached hydrogens (tertiary/aromatic N) is 1. The van der Waals surface area contributed by atoms with Crippen molar-refractivity contribution in [2.75, 3.05) is 6.61 Å². The van der Waals surface area contributed by atoms with Crippen LogP contribution in [0.3, 0.4) is 0 Å². The van der Waals surface area contributed by atoms with Crippen molar-refractivity contribution in [1.82, 2.24) is 5.16 Å². The van der Waals surface area contributed by atoms with Crippen LogP contribution in [0.25, 0.3) is 11.3 Å². The average Bonchev–Trinajstić information content (AvgIpc) is 2.80. The fraction of sp³-hybridized carbons (Fsp3) is 0.231. The molecule has 2 aromatic rings. The molecule has 0 saturated heterocycles. The second kappa shape index (κ2) is 4.82. The van der Waals surface area contributed by atoms with Crippen molar-refractivity contribution in [2.24, 2.45) is 0 Å². The predicted molar refractivity (Wildman–Crippen MR) is 63.1 cm³/mol. The Labute approximate surface area is 99.2 Å². The molecule has 0 bridgehead atoms. The van der Waals surface area contributed by atoms with Gasteiger partial charge in [0.15, 0.2) is 5.78 Å². The third-order valence-corrected chi connectivity index (χ3v) is 2.32. The normalized spacial score (nSPS) is 10.2. The van der Waals surface area contributed by atoms with Gasteiger partial charge in [0.05, 0.1) is 6.61 Å². The van der Waals surface area contributed by atoms with Crippen LogP contribution in [0.4, 0.5) is 0 Å². The van der Waals surface area contributed by atoms with Crippen molar-refractivity contribution < 1.29 is 14.1 Å². The molecule has 1 aromatic heterocycles. The summed E-state index contributed by atoms with van der Waals surface area (Å²) >= 11 is 0. The Kier molecular flexibility index (Phi) is 3.23. The first-order valence-corrected chi connectivity index (χ1v) is 5.41. The number of ether oxygens (including phenoxy) is 1. The molecule has 0 saturated carbocycles. The van der Waals surface area contributed by atoms with Crippen LogP contribution in [-0.4, -0.2) is 17.5 Å². The van der Waals surface area contributed by atoms with Crippen LogP contribution in [-0.2, 0) is 0 Å². The maximum atomic E-state index is 11.1. The topological polar surface area (TPSA) is 52.3 Å². The molecule has 0 aliphatic rings. The van der Waals surface area contributed by atoms with Gasteiger partial charge in [-0.15, -0.1) is 0 Å². The molecule has 0 unspecified atom stereocenters. The Balaban J connectivity index is 2.23. The van der Waals surface area contributed by atoms with Gasteiger partial charge in [0.2, 0.25) is 5.76 Å². The van der Waals surface area contributed by atoms with Crippen LogP contribution in [0.5, 0.6) is 5.75 Å². The number of hydrogen-bond acceptors (Lipinski definition) is 4. The molecule has 0 radical (unpaired) electrons. The minimum Gasteiger partial charge on any atom is -0.494 e. The molecule has 4 nitrogen and oxygen atoms in total.